The summed E-state index contributed by atoms with van der Waals surface area (Å²) in [5.41, 5.74) is 3.79. The van der Waals surface area contributed by atoms with E-state index in [9.17, 15) is 0 Å². The van der Waals surface area contributed by atoms with Gasteiger partial charge < -0.3 is 25.2 Å². The summed E-state index contributed by atoms with van der Waals surface area (Å²) in [5, 5.41) is 7.05. The van der Waals surface area contributed by atoms with Crippen molar-refractivity contribution in [2.75, 3.05) is 52.8 Å². The van der Waals surface area contributed by atoms with E-state index in [1.807, 2.05) is 19.2 Å². The number of aliphatic imine (C=N–C) groups is 1. The molecule has 6 nitrogen and oxygen atoms in total. The van der Waals surface area contributed by atoms with Gasteiger partial charge in [-0.1, -0.05) is 24.3 Å². The first-order valence-electron chi connectivity index (χ1n) is 11.1. The molecule has 2 aromatic rings. The van der Waals surface area contributed by atoms with Crippen molar-refractivity contribution in [2.24, 2.45) is 4.99 Å². The maximum absolute atomic E-state index is 5.40. The van der Waals surface area contributed by atoms with Crippen molar-refractivity contribution in [1.29, 1.82) is 0 Å². The SMILES string of the molecule is CN=C(NCC(c1cccc(OC)c1)N(C)C)NC(C)c1cccc(N2CCCC2)c1. The quantitative estimate of drug-likeness (QED) is 0.499. The van der Waals surface area contributed by atoms with Gasteiger partial charge in [-0.3, -0.25) is 4.99 Å². The number of nitrogens with one attached hydrogen (secondary N) is 2. The molecule has 2 aromatic carbocycles. The number of guanidine groups is 1. The molecule has 2 atom stereocenters. The van der Waals surface area contributed by atoms with Gasteiger partial charge in [-0.2, -0.15) is 0 Å². The van der Waals surface area contributed by atoms with Crippen LogP contribution in [0.4, 0.5) is 5.69 Å². The average Bonchev–Trinajstić information content (AvgIpc) is 3.33. The molecule has 31 heavy (non-hydrogen) atoms. The molecule has 0 bridgehead atoms. The Morgan fingerprint density at radius 2 is 1.81 bits per heavy atom. The molecule has 168 valence electrons. The first-order chi connectivity index (χ1) is 15.0. The number of ether oxygens (including phenoxy) is 1. The van der Waals surface area contributed by atoms with E-state index in [0.29, 0.717) is 0 Å². The van der Waals surface area contributed by atoms with Gasteiger partial charge in [-0.05, 0) is 69.3 Å². The molecule has 1 heterocycles. The Morgan fingerprint density at radius 3 is 2.48 bits per heavy atom. The van der Waals surface area contributed by atoms with Gasteiger partial charge in [-0.25, -0.2) is 0 Å². The number of benzene rings is 2. The van der Waals surface area contributed by atoms with E-state index in [-0.39, 0.29) is 12.1 Å². The maximum Gasteiger partial charge on any atom is 0.191 e. The van der Waals surface area contributed by atoms with Crippen LogP contribution < -0.4 is 20.3 Å². The summed E-state index contributed by atoms with van der Waals surface area (Å²) in [6.45, 7) is 5.23. The Bertz CT molecular complexity index is 860. The smallest absolute Gasteiger partial charge is 0.191 e. The van der Waals surface area contributed by atoms with Crippen molar-refractivity contribution in [3.8, 4) is 5.75 Å². The Morgan fingerprint density at radius 1 is 1.10 bits per heavy atom. The number of anilines is 1. The Labute approximate surface area is 187 Å². The standard InChI is InChI=1S/C25H37N5O/c1-19(20-10-8-12-22(16-20)30-14-6-7-15-30)28-25(26-2)27-18-24(29(3)4)21-11-9-13-23(17-21)31-5/h8-13,16-17,19,24H,6-7,14-15,18H2,1-5H3,(H2,26,27,28). The minimum Gasteiger partial charge on any atom is -0.497 e. The minimum atomic E-state index is 0.156. The topological polar surface area (TPSA) is 52.1 Å². The van der Waals surface area contributed by atoms with Crippen molar-refractivity contribution >= 4 is 11.6 Å². The predicted molar refractivity (Wildman–Crippen MR) is 130 cm³/mol. The number of hydrogen-bond donors (Lipinski definition) is 2. The second-order valence-electron chi connectivity index (χ2n) is 8.36. The summed E-state index contributed by atoms with van der Waals surface area (Å²) in [5.74, 6) is 1.67. The molecule has 1 aliphatic heterocycles. The van der Waals surface area contributed by atoms with E-state index in [1.54, 1.807) is 7.11 Å². The van der Waals surface area contributed by atoms with Crippen molar-refractivity contribution in [3.05, 3.63) is 59.7 Å². The third kappa shape index (κ3) is 6.14. The van der Waals surface area contributed by atoms with Crippen LogP contribution in [0.3, 0.4) is 0 Å². The molecular weight excluding hydrogens is 386 g/mol. The van der Waals surface area contributed by atoms with Crippen LogP contribution in [0.15, 0.2) is 53.5 Å². The molecular formula is C25H37N5O. The second-order valence-corrected chi connectivity index (χ2v) is 8.36. The number of methoxy groups -OCH3 is 1. The van der Waals surface area contributed by atoms with Gasteiger partial charge in [0.1, 0.15) is 5.75 Å². The van der Waals surface area contributed by atoms with Crippen molar-refractivity contribution in [2.45, 2.75) is 31.8 Å². The largest absolute Gasteiger partial charge is 0.497 e. The summed E-state index contributed by atoms with van der Waals surface area (Å²) >= 11 is 0. The summed E-state index contributed by atoms with van der Waals surface area (Å²) in [6, 6.07) is 17.4. The van der Waals surface area contributed by atoms with Gasteiger partial charge in [0, 0.05) is 32.4 Å². The van der Waals surface area contributed by atoms with Gasteiger partial charge in [0.15, 0.2) is 5.96 Å². The first kappa shape index (κ1) is 22.9. The Hall–Kier alpha value is -2.73. The number of likely N-dealkylation sites (N-methyl/N-ethyl adjacent to an activating group) is 1. The monoisotopic (exact) mass is 423 g/mol. The zero-order valence-electron chi connectivity index (χ0n) is 19.6. The summed E-state index contributed by atoms with van der Waals surface area (Å²) in [4.78, 5) is 9.13. The molecule has 1 fully saturated rings. The van der Waals surface area contributed by atoms with Gasteiger partial charge in [0.2, 0.25) is 0 Å². The lowest BCUT2D eigenvalue weighted by molar-refractivity contribution is 0.297. The lowest BCUT2D eigenvalue weighted by Crippen LogP contribution is -2.42. The van der Waals surface area contributed by atoms with Gasteiger partial charge in [0.25, 0.3) is 0 Å². The molecule has 0 saturated carbocycles. The molecule has 1 saturated heterocycles. The highest BCUT2D eigenvalue weighted by molar-refractivity contribution is 5.80. The minimum absolute atomic E-state index is 0.156. The van der Waals surface area contributed by atoms with Crippen LogP contribution in [0.2, 0.25) is 0 Å². The molecule has 0 aliphatic carbocycles. The van der Waals surface area contributed by atoms with Crippen molar-refractivity contribution in [1.82, 2.24) is 15.5 Å². The molecule has 0 radical (unpaired) electrons. The highest BCUT2D eigenvalue weighted by Crippen LogP contribution is 2.24. The van der Waals surface area contributed by atoms with Gasteiger partial charge in [-0.15, -0.1) is 0 Å². The van der Waals surface area contributed by atoms with Crippen LogP contribution in [0.1, 0.15) is 43.0 Å². The van der Waals surface area contributed by atoms with E-state index in [1.165, 1.54) is 29.7 Å². The van der Waals surface area contributed by atoms with Crippen molar-refractivity contribution in [3.63, 3.8) is 0 Å². The zero-order chi connectivity index (χ0) is 22.2. The van der Waals surface area contributed by atoms with Gasteiger partial charge in [0.05, 0.1) is 19.2 Å². The third-order valence-electron chi connectivity index (χ3n) is 5.98. The highest BCUT2D eigenvalue weighted by atomic mass is 16.5. The van der Waals surface area contributed by atoms with E-state index >= 15 is 0 Å². The van der Waals surface area contributed by atoms with Crippen LogP contribution in [0.25, 0.3) is 0 Å². The van der Waals surface area contributed by atoms with Crippen LogP contribution in [0, 0.1) is 0 Å². The van der Waals surface area contributed by atoms with E-state index in [4.69, 9.17) is 4.74 Å². The molecule has 0 aromatic heterocycles. The Kier molecular flexibility index (Phi) is 8.18. The number of hydrogen-bond acceptors (Lipinski definition) is 4. The van der Waals surface area contributed by atoms with E-state index < -0.39 is 0 Å². The fourth-order valence-electron chi connectivity index (χ4n) is 4.09. The normalized spacial score (nSPS) is 16.3. The van der Waals surface area contributed by atoms with Crippen LogP contribution in [-0.4, -0.2) is 58.7 Å². The fraction of sp³-hybridized carbons (Fsp3) is 0.480. The van der Waals surface area contributed by atoms with E-state index in [0.717, 1.165) is 31.3 Å². The molecule has 3 rings (SSSR count). The number of rotatable bonds is 8. The predicted octanol–water partition coefficient (Wildman–Crippen LogP) is 3.82. The molecule has 1 aliphatic rings. The third-order valence-corrected chi connectivity index (χ3v) is 5.98. The van der Waals surface area contributed by atoms with Crippen LogP contribution in [-0.2, 0) is 0 Å². The summed E-state index contributed by atoms with van der Waals surface area (Å²) in [7, 11) is 7.70. The van der Waals surface area contributed by atoms with Crippen molar-refractivity contribution < 1.29 is 4.74 Å². The lowest BCUT2D eigenvalue weighted by atomic mass is 10.1. The van der Waals surface area contributed by atoms with Crippen LogP contribution >= 0.6 is 0 Å². The Balaban J connectivity index is 1.63. The molecule has 2 unspecified atom stereocenters. The van der Waals surface area contributed by atoms with E-state index in [2.05, 4.69) is 82.8 Å². The maximum atomic E-state index is 5.40. The summed E-state index contributed by atoms with van der Waals surface area (Å²) in [6.07, 6.45) is 2.57. The highest BCUT2D eigenvalue weighted by Gasteiger charge is 2.17. The molecule has 0 spiro atoms. The first-order valence-corrected chi connectivity index (χ1v) is 11.1. The summed E-state index contributed by atoms with van der Waals surface area (Å²) < 4.78 is 5.40. The molecule has 6 heteroatoms. The van der Waals surface area contributed by atoms with Crippen LogP contribution in [0.5, 0.6) is 5.75 Å². The average molecular weight is 424 g/mol. The number of nitrogens with zero attached hydrogens (tertiary/aromatic N) is 3. The molecule has 0 amide bonds. The lowest BCUT2D eigenvalue weighted by Gasteiger charge is -2.27. The fourth-order valence-corrected chi connectivity index (χ4v) is 4.09. The zero-order valence-corrected chi connectivity index (χ0v) is 19.6. The second kappa shape index (κ2) is 11.0. The van der Waals surface area contributed by atoms with Gasteiger partial charge >= 0.3 is 0 Å². The molecule has 2 N–H and O–H groups in total.